The summed E-state index contributed by atoms with van der Waals surface area (Å²) in [5, 5.41) is 2.66. The molecule has 1 rings (SSSR count). The molecule has 1 aromatic rings. The van der Waals surface area contributed by atoms with Gasteiger partial charge in [-0.25, -0.2) is 0 Å². The Hall–Kier alpha value is -1.43. The zero-order valence-corrected chi connectivity index (χ0v) is 12.2. The minimum atomic E-state index is -0.234. The van der Waals surface area contributed by atoms with E-state index in [1.807, 2.05) is 6.07 Å². The van der Waals surface area contributed by atoms with Gasteiger partial charge in [-0.1, -0.05) is 0 Å². The SMILES string of the molecule is COc1cc(OC)c(OC)cc1CCNC(=O)Br. The molecule has 18 heavy (non-hydrogen) atoms. The van der Waals surface area contributed by atoms with Crippen molar-refractivity contribution in [3.8, 4) is 17.2 Å². The topological polar surface area (TPSA) is 56.8 Å². The molecule has 0 unspecified atom stereocenters. The van der Waals surface area contributed by atoms with Gasteiger partial charge in [0.1, 0.15) is 5.75 Å². The minimum absolute atomic E-state index is 0.234. The molecule has 0 aliphatic carbocycles. The van der Waals surface area contributed by atoms with Gasteiger partial charge in [-0.15, -0.1) is 0 Å². The molecule has 0 heterocycles. The van der Waals surface area contributed by atoms with Crippen LogP contribution in [0.5, 0.6) is 17.2 Å². The first-order valence-electron chi connectivity index (χ1n) is 5.34. The molecular formula is C12H16BrNO4. The van der Waals surface area contributed by atoms with E-state index >= 15 is 0 Å². The molecule has 0 bridgehead atoms. The van der Waals surface area contributed by atoms with Crippen LogP contribution in [0.2, 0.25) is 0 Å². The summed E-state index contributed by atoms with van der Waals surface area (Å²) in [4.78, 5) is 10.5. The summed E-state index contributed by atoms with van der Waals surface area (Å²) in [7, 11) is 4.74. The maximum Gasteiger partial charge on any atom is 0.287 e. The molecular weight excluding hydrogens is 302 g/mol. The van der Waals surface area contributed by atoms with E-state index in [2.05, 4.69) is 21.2 Å². The second-order valence-corrected chi connectivity index (χ2v) is 4.19. The largest absolute Gasteiger partial charge is 0.496 e. The number of rotatable bonds is 6. The third-order valence-electron chi connectivity index (χ3n) is 2.44. The Morgan fingerprint density at radius 2 is 1.67 bits per heavy atom. The van der Waals surface area contributed by atoms with Crippen LogP contribution in [0.25, 0.3) is 0 Å². The molecule has 100 valence electrons. The van der Waals surface area contributed by atoms with Crippen LogP contribution in [0.15, 0.2) is 12.1 Å². The van der Waals surface area contributed by atoms with Crippen LogP contribution >= 0.6 is 15.9 Å². The maximum atomic E-state index is 10.7. The van der Waals surface area contributed by atoms with Crippen molar-refractivity contribution in [1.82, 2.24) is 5.32 Å². The molecule has 0 saturated heterocycles. The lowest BCUT2D eigenvalue weighted by molar-refractivity contribution is 0.261. The van der Waals surface area contributed by atoms with E-state index in [9.17, 15) is 4.79 Å². The lowest BCUT2D eigenvalue weighted by atomic mass is 10.1. The number of halogens is 1. The van der Waals surface area contributed by atoms with Gasteiger partial charge < -0.3 is 19.5 Å². The van der Waals surface area contributed by atoms with Crippen molar-refractivity contribution in [3.05, 3.63) is 17.7 Å². The third kappa shape index (κ3) is 3.80. The summed E-state index contributed by atoms with van der Waals surface area (Å²) in [6, 6.07) is 3.61. The van der Waals surface area contributed by atoms with Crippen LogP contribution in [-0.4, -0.2) is 32.7 Å². The fourth-order valence-corrected chi connectivity index (χ4v) is 1.78. The van der Waals surface area contributed by atoms with Crippen molar-refractivity contribution >= 4 is 20.7 Å². The highest BCUT2D eigenvalue weighted by Crippen LogP contribution is 2.34. The van der Waals surface area contributed by atoms with Gasteiger partial charge in [-0.05, 0) is 18.1 Å². The lowest BCUT2D eigenvalue weighted by Gasteiger charge is -2.14. The summed E-state index contributed by atoms with van der Waals surface area (Å²) in [6.07, 6.45) is 0.640. The number of nitrogens with one attached hydrogen (secondary N) is 1. The first-order chi connectivity index (χ1) is 8.62. The molecule has 1 amide bonds. The van der Waals surface area contributed by atoms with Gasteiger partial charge >= 0.3 is 0 Å². The Balaban J connectivity index is 2.91. The van der Waals surface area contributed by atoms with Crippen molar-refractivity contribution in [2.75, 3.05) is 27.9 Å². The van der Waals surface area contributed by atoms with E-state index in [0.29, 0.717) is 30.2 Å². The molecule has 0 fully saturated rings. The Bertz CT molecular complexity index is 423. The highest BCUT2D eigenvalue weighted by atomic mass is 79.9. The number of ether oxygens (including phenoxy) is 3. The number of carbonyl (C=O) groups is 1. The van der Waals surface area contributed by atoms with Crippen molar-refractivity contribution in [3.63, 3.8) is 0 Å². The average molecular weight is 318 g/mol. The van der Waals surface area contributed by atoms with E-state index in [1.54, 1.807) is 27.4 Å². The maximum absolute atomic E-state index is 10.7. The number of carbonyl (C=O) groups excluding carboxylic acids is 1. The standard InChI is InChI=1S/C12H16BrNO4/c1-16-9-7-11(18-3)10(17-2)6-8(9)4-5-14-12(13)15/h6-7H,4-5H2,1-3H3,(H,14,15). The number of hydrogen-bond acceptors (Lipinski definition) is 4. The van der Waals surface area contributed by atoms with E-state index in [0.717, 1.165) is 5.56 Å². The summed E-state index contributed by atoms with van der Waals surface area (Å²) in [6.45, 7) is 0.510. The Morgan fingerprint density at radius 1 is 1.11 bits per heavy atom. The number of amides is 1. The second-order valence-electron chi connectivity index (χ2n) is 3.47. The highest BCUT2D eigenvalue weighted by molar-refractivity contribution is 9.18. The Kier molecular flexibility index (Phi) is 5.77. The van der Waals surface area contributed by atoms with Crippen LogP contribution in [0, 0.1) is 0 Å². The van der Waals surface area contributed by atoms with E-state index in [1.165, 1.54) is 0 Å². The lowest BCUT2D eigenvalue weighted by Crippen LogP contribution is -2.19. The molecule has 1 aromatic carbocycles. The summed E-state index contributed by atoms with van der Waals surface area (Å²) < 4.78 is 15.7. The summed E-state index contributed by atoms with van der Waals surface area (Å²) in [5.74, 6) is 1.96. The molecule has 0 radical (unpaired) electrons. The van der Waals surface area contributed by atoms with Gasteiger partial charge in [0.05, 0.1) is 21.3 Å². The van der Waals surface area contributed by atoms with Crippen LogP contribution in [0.4, 0.5) is 4.79 Å². The first-order valence-corrected chi connectivity index (χ1v) is 6.14. The first kappa shape index (κ1) is 14.6. The molecule has 0 aliphatic heterocycles. The Morgan fingerprint density at radius 3 is 2.17 bits per heavy atom. The quantitative estimate of drug-likeness (QED) is 0.646. The molecule has 0 saturated carbocycles. The van der Waals surface area contributed by atoms with E-state index < -0.39 is 0 Å². The van der Waals surface area contributed by atoms with Gasteiger partial charge in [0, 0.05) is 28.5 Å². The monoisotopic (exact) mass is 317 g/mol. The van der Waals surface area contributed by atoms with Gasteiger partial charge in [0.15, 0.2) is 11.5 Å². The molecule has 6 heteroatoms. The summed E-state index contributed by atoms with van der Waals surface area (Å²) in [5.41, 5.74) is 0.941. The zero-order valence-electron chi connectivity index (χ0n) is 10.6. The summed E-state index contributed by atoms with van der Waals surface area (Å²) >= 11 is 2.81. The molecule has 0 aliphatic rings. The number of benzene rings is 1. The Labute approximate surface area is 115 Å². The molecule has 1 N–H and O–H groups in total. The van der Waals surface area contributed by atoms with Gasteiger partial charge in [0.2, 0.25) is 0 Å². The third-order valence-corrected chi connectivity index (χ3v) is 2.73. The zero-order chi connectivity index (χ0) is 13.5. The van der Waals surface area contributed by atoms with Crippen LogP contribution in [0.3, 0.4) is 0 Å². The predicted molar refractivity (Wildman–Crippen MR) is 72.1 cm³/mol. The van der Waals surface area contributed by atoms with E-state index in [4.69, 9.17) is 14.2 Å². The van der Waals surface area contributed by atoms with Crippen LogP contribution < -0.4 is 19.5 Å². The van der Waals surface area contributed by atoms with Crippen LogP contribution in [0.1, 0.15) is 5.56 Å². The normalized spacial score (nSPS) is 9.78. The van der Waals surface area contributed by atoms with Crippen molar-refractivity contribution in [1.29, 1.82) is 0 Å². The predicted octanol–water partition coefficient (Wildman–Crippen LogP) is 2.36. The molecule has 0 atom stereocenters. The van der Waals surface area contributed by atoms with Crippen molar-refractivity contribution < 1.29 is 19.0 Å². The second kappa shape index (κ2) is 7.10. The molecule has 5 nitrogen and oxygen atoms in total. The van der Waals surface area contributed by atoms with Gasteiger partial charge in [-0.3, -0.25) is 4.79 Å². The van der Waals surface area contributed by atoms with Gasteiger partial charge in [0.25, 0.3) is 4.82 Å². The smallest absolute Gasteiger partial charge is 0.287 e. The molecule has 0 spiro atoms. The van der Waals surface area contributed by atoms with E-state index in [-0.39, 0.29) is 4.82 Å². The van der Waals surface area contributed by atoms with Crippen molar-refractivity contribution in [2.24, 2.45) is 0 Å². The number of methoxy groups -OCH3 is 3. The fraction of sp³-hybridized carbons (Fsp3) is 0.417. The van der Waals surface area contributed by atoms with Gasteiger partial charge in [-0.2, -0.15) is 0 Å². The number of hydrogen-bond donors (Lipinski definition) is 1. The highest BCUT2D eigenvalue weighted by Gasteiger charge is 2.11. The minimum Gasteiger partial charge on any atom is -0.496 e. The van der Waals surface area contributed by atoms with Crippen LogP contribution in [-0.2, 0) is 6.42 Å². The van der Waals surface area contributed by atoms with Crippen molar-refractivity contribution in [2.45, 2.75) is 6.42 Å². The molecule has 0 aromatic heterocycles. The fourth-order valence-electron chi connectivity index (χ4n) is 1.58. The average Bonchev–Trinajstić information content (AvgIpc) is 2.37.